The summed E-state index contributed by atoms with van der Waals surface area (Å²) in [5.41, 5.74) is -0.476. The number of para-hydroxylation sites is 1. The highest BCUT2D eigenvalue weighted by Gasteiger charge is 2.36. The minimum Gasteiger partial charge on any atom is -0.449 e. The van der Waals surface area contributed by atoms with Crippen LogP contribution in [0.1, 0.15) is 36.2 Å². The largest absolute Gasteiger partial charge is 0.449 e. The van der Waals surface area contributed by atoms with Crippen molar-refractivity contribution >= 4 is 33.1 Å². The van der Waals surface area contributed by atoms with Gasteiger partial charge in [-0.3, -0.25) is 4.79 Å². The van der Waals surface area contributed by atoms with Crippen LogP contribution >= 0.6 is 0 Å². The van der Waals surface area contributed by atoms with Crippen molar-refractivity contribution in [2.24, 2.45) is 0 Å². The van der Waals surface area contributed by atoms with Gasteiger partial charge in [-0.15, -0.1) is 0 Å². The van der Waals surface area contributed by atoms with E-state index in [0.717, 1.165) is 12.1 Å². The molecule has 184 valence electrons. The Labute approximate surface area is 195 Å². The Hall–Kier alpha value is -3.08. The van der Waals surface area contributed by atoms with Gasteiger partial charge < -0.3 is 15.0 Å². The summed E-state index contributed by atoms with van der Waals surface area (Å²) in [7, 11) is -3.20. The molecule has 1 N–H and O–H groups in total. The maximum atomic E-state index is 13.0. The SMILES string of the molecule is CCN(C(=O)C(C)OC(=O)c1ccccc1Nc1cccc(C(F)(F)F)c1)C1CCS(=O)(=O)C1. The number of halogens is 3. The van der Waals surface area contributed by atoms with E-state index in [-0.39, 0.29) is 35.0 Å². The molecule has 2 unspecified atom stereocenters. The van der Waals surface area contributed by atoms with Gasteiger partial charge in [0, 0.05) is 18.3 Å². The van der Waals surface area contributed by atoms with Crippen LogP contribution in [0, 0.1) is 0 Å². The van der Waals surface area contributed by atoms with Gasteiger partial charge in [-0.25, -0.2) is 13.2 Å². The maximum Gasteiger partial charge on any atom is 0.416 e. The number of amides is 1. The highest BCUT2D eigenvalue weighted by Crippen LogP contribution is 2.32. The van der Waals surface area contributed by atoms with Crippen molar-refractivity contribution in [1.82, 2.24) is 4.90 Å². The molecule has 11 heteroatoms. The number of esters is 1. The van der Waals surface area contributed by atoms with Crippen LogP contribution in [0.3, 0.4) is 0 Å². The van der Waals surface area contributed by atoms with Crippen molar-refractivity contribution in [3.05, 3.63) is 59.7 Å². The molecule has 0 bridgehead atoms. The first-order chi connectivity index (χ1) is 15.9. The molecule has 34 heavy (non-hydrogen) atoms. The van der Waals surface area contributed by atoms with Crippen LogP contribution in [0.25, 0.3) is 0 Å². The van der Waals surface area contributed by atoms with Crippen LogP contribution < -0.4 is 5.32 Å². The molecule has 1 heterocycles. The number of carbonyl (C=O) groups excluding carboxylic acids is 2. The van der Waals surface area contributed by atoms with Crippen molar-refractivity contribution < 1.29 is 35.9 Å². The highest BCUT2D eigenvalue weighted by molar-refractivity contribution is 7.91. The third-order valence-corrected chi connectivity index (χ3v) is 7.27. The third kappa shape index (κ3) is 6.07. The number of carbonyl (C=O) groups is 2. The number of nitrogens with one attached hydrogen (secondary N) is 1. The number of alkyl halides is 3. The lowest BCUT2D eigenvalue weighted by atomic mass is 10.1. The summed E-state index contributed by atoms with van der Waals surface area (Å²) in [5, 5.41) is 2.79. The third-order valence-electron chi connectivity index (χ3n) is 5.52. The van der Waals surface area contributed by atoms with Gasteiger partial charge in [0.25, 0.3) is 5.91 Å². The zero-order valence-corrected chi connectivity index (χ0v) is 19.4. The maximum absolute atomic E-state index is 13.0. The molecule has 0 aliphatic carbocycles. The van der Waals surface area contributed by atoms with Gasteiger partial charge in [-0.05, 0) is 50.6 Å². The van der Waals surface area contributed by atoms with Gasteiger partial charge in [-0.2, -0.15) is 13.2 Å². The van der Waals surface area contributed by atoms with Crippen LogP contribution in [0.15, 0.2) is 48.5 Å². The molecule has 2 atom stereocenters. The predicted octanol–water partition coefficient (Wildman–Crippen LogP) is 4.03. The van der Waals surface area contributed by atoms with Gasteiger partial charge in [0.2, 0.25) is 0 Å². The first-order valence-corrected chi connectivity index (χ1v) is 12.5. The first kappa shape index (κ1) is 25.5. The second kappa shape index (κ2) is 10.0. The number of likely N-dealkylation sites (N-methyl/N-ethyl adjacent to an activating group) is 1. The fourth-order valence-corrected chi connectivity index (χ4v) is 5.55. The van der Waals surface area contributed by atoms with Gasteiger partial charge in [0.05, 0.1) is 28.3 Å². The van der Waals surface area contributed by atoms with E-state index in [4.69, 9.17) is 4.74 Å². The zero-order valence-electron chi connectivity index (χ0n) is 18.6. The molecule has 0 spiro atoms. The molecule has 1 aliphatic rings. The van der Waals surface area contributed by atoms with E-state index in [1.54, 1.807) is 19.1 Å². The first-order valence-electron chi connectivity index (χ1n) is 10.7. The number of sulfone groups is 1. The Bertz CT molecular complexity index is 1170. The van der Waals surface area contributed by atoms with Crippen molar-refractivity contribution in [3.8, 4) is 0 Å². The van der Waals surface area contributed by atoms with Gasteiger partial charge in [0.15, 0.2) is 15.9 Å². The standard InChI is InChI=1S/C23H25F3N2O5S/c1-3-28(18-11-12-34(31,32)14-18)21(29)15(2)33-22(30)19-9-4-5-10-20(19)27-17-8-6-7-16(13-17)23(24,25)26/h4-10,13,15,18,27H,3,11-12,14H2,1-2H3. The van der Waals surface area contributed by atoms with E-state index in [1.807, 2.05) is 0 Å². The number of hydrogen-bond donors (Lipinski definition) is 1. The van der Waals surface area contributed by atoms with E-state index in [0.29, 0.717) is 6.42 Å². The summed E-state index contributed by atoms with van der Waals surface area (Å²) in [6.07, 6.45) is -5.38. The minimum absolute atomic E-state index is 0.00417. The lowest BCUT2D eigenvalue weighted by Crippen LogP contribution is -2.46. The Morgan fingerprint density at radius 2 is 1.88 bits per heavy atom. The quantitative estimate of drug-likeness (QED) is 0.580. The number of benzene rings is 2. The number of anilines is 2. The van der Waals surface area contributed by atoms with Crippen molar-refractivity contribution in [3.63, 3.8) is 0 Å². The summed E-state index contributed by atoms with van der Waals surface area (Å²) < 4.78 is 68.0. The minimum atomic E-state index is -4.52. The summed E-state index contributed by atoms with van der Waals surface area (Å²) in [6, 6.07) is 10.1. The molecular formula is C23H25F3N2O5S. The second-order valence-electron chi connectivity index (χ2n) is 7.98. The van der Waals surface area contributed by atoms with Gasteiger partial charge >= 0.3 is 12.1 Å². The van der Waals surface area contributed by atoms with E-state index in [2.05, 4.69) is 5.32 Å². The van der Waals surface area contributed by atoms with Gasteiger partial charge in [0.1, 0.15) is 0 Å². The predicted molar refractivity (Wildman–Crippen MR) is 120 cm³/mol. The summed E-state index contributed by atoms with van der Waals surface area (Å²) in [6.45, 7) is 3.37. The fourth-order valence-electron chi connectivity index (χ4n) is 3.82. The summed E-state index contributed by atoms with van der Waals surface area (Å²) >= 11 is 0. The average molecular weight is 499 g/mol. The zero-order chi connectivity index (χ0) is 25.1. The van der Waals surface area contributed by atoms with Crippen LogP contribution in [0.5, 0.6) is 0 Å². The molecule has 0 saturated carbocycles. The molecule has 0 aromatic heterocycles. The Balaban J connectivity index is 1.74. The van der Waals surface area contributed by atoms with Gasteiger partial charge in [-0.1, -0.05) is 18.2 Å². The molecule has 1 aliphatic heterocycles. The van der Waals surface area contributed by atoms with Crippen LogP contribution in [-0.4, -0.2) is 55.4 Å². The normalized spacial score (nSPS) is 18.2. The number of nitrogens with zero attached hydrogens (tertiary/aromatic N) is 1. The number of ether oxygens (including phenoxy) is 1. The Kier molecular flexibility index (Phi) is 7.54. The molecule has 2 aromatic carbocycles. The second-order valence-corrected chi connectivity index (χ2v) is 10.2. The molecule has 3 rings (SSSR count). The topological polar surface area (TPSA) is 92.8 Å². The monoisotopic (exact) mass is 498 g/mol. The molecule has 1 fully saturated rings. The average Bonchev–Trinajstić information content (AvgIpc) is 3.13. The smallest absolute Gasteiger partial charge is 0.416 e. The van der Waals surface area contributed by atoms with Crippen molar-refractivity contribution in [2.75, 3.05) is 23.4 Å². The molecule has 0 radical (unpaired) electrons. The molecule has 1 amide bonds. The van der Waals surface area contributed by atoms with E-state index < -0.39 is 45.6 Å². The van der Waals surface area contributed by atoms with E-state index in [1.165, 1.54) is 36.1 Å². The molecular weight excluding hydrogens is 473 g/mol. The lowest BCUT2D eigenvalue weighted by molar-refractivity contribution is -0.141. The summed E-state index contributed by atoms with van der Waals surface area (Å²) in [4.78, 5) is 27.1. The Morgan fingerprint density at radius 3 is 2.50 bits per heavy atom. The number of hydrogen-bond acceptors (Lipinski definition) is 6. The van der Waals surface area contributed by atoms with Crippen molar-refractivity contribution in [2.45, 2.75) is 38.6 Å². The van der Waals surface area contributed by atoms with Crippen LogP contribution in [-0.2, 0) is 25.5 Å². The Morgan fingerprint density at radius 1 is 1.18 bits per heavy atom. The fraction of sp³-hybridized carbons (Fsp3) is 0.391. The summed E-state index contributed by atoms with van der Waals surface area (Å²) in [5.74, 6) is -1.48. The molecule has 2 aromatic rings. The van der Waals surface area contributed by atoms with Crippen LogP contribution in [0.4, 0.5) is 24.5 Å². The highest BCUT2D eigenvalue weighted by atomic mass is 32.2. The van der Waals surface area contributed by atoms with Crippen molar-refractivity contribution in [1.29, 1.82) is 0 Å². The molecule has 1 saturated heterocycles. The van der Waals surface area contributed by atoms with E-state index in [9.17, 15) is 31.2 Å². The van der Waals surface area contributed by atoms with Crippen LogP contribution in [0.2, 0.25) is 0 Å². The van der Waals surface area contributed by atoms with E-state index >= 15 is 0 Å². The number of rotatable bonds is 7. The lowest BCUT2D eigenvalue weighted by Gasteiger charge is -2.29. The molecule has 7 nitrogen and oxygen atoms in total.